The summed E-state index contributed by atoms with van der Waals surface area (Å²) in [6.45, 7) is 3.52. The van der Waals surface area contributed by atoms with E-state index in [9.17, 15) is 23.1 Å². The number of hydrogen-bond acceptors (Lipinski definition) is 2. The third-order valence-corrected chi connectivity index (χ3v) is 3.67. The summed E-state index contributed by atoms with van der Waals surface area (Å²) in [5, 5.41) is 12.3. The van der Waals surface area contributed by atoms with Gasteiger partial charge >= 0.3 is 12.1 Å². The molecule has 1 unspecified atom stereocenters. The molecule has 1 aromatic rings. The quantitative estimate of drug-likeness (QED) is 0.846. The Morgan fingerprint density at radius 3 is 2.14 bits per heavy atom. The van der Waals surface area contributed by atoms with Crippen molar-refractivity contribution in [3.63, 3.8) is 0 Å². The Bertz CT molecular complexity index is 456. The average molecular weight is 303 g/mol. The highest BCUT2D eigenvalue weighted by atomic mass is 19.4. The maximum Gasteiger partial charge on any atom is 0.471 e. The predicted octanol–water partition coefficient (Wildman–Crippen LogP) is 3.35. The fourth-order valence-electron chi connectivity index (χ4n) is 2.10. The Morgan fingerprint density at radius 2 is 1.71 bits per heavy atom. The summed E-state index contributed by atoms with van der Waals surface area (Å²) in [6.07, 6.45) is -4.11. The second-order valence-electron chi connectivity index (χ2n) is 5.07. The van der Waals surface area contributed by atoms with Crippen molar-refractivity contribution in [3.8, 4) is 0 Å². The van der Waals surface area contributed by atoms with Crippen LogP contribution in [0, 0.1) is 0 Å². The van der Waals surface area contributed by atoms with Gasteiger partial charge in [0, 0.05) is 6.42 Å². The van der Waals surface area contributed by atoms with E-state index in [0.717, 1.165) is 0 Å². The lowest BCUT2D eigenvalue weighted by molar-refractivity contribution is -0.174. The molecule has 0 fully saturated rings. The molecule has 0 spiro atoms. The van der Waals surface area contributed by atoms with E-state index in [1.54, 1.807) is 44.2 Å². The number of nitrogens with one attached hydrogen (secondary N) is 1. The Kier molecular flexibility index (Phi) is 5.78. The topological polar surface area (TPSA) is 49.3 Å². The first kappa shape index (κ1) is 17.5. The van der Waals surface area contributed by atoms with Gasteiger partial charge in [-0.3, -0.25) is 4.79 Å². The van der Waals surface area contributed by atoms with Crippen molar-refractivity contribution in [3.05, 3.63) is 35.9 Å². The zero-order valence-electron chi connectivity index (χ0n) is 12.1. The van der Waals surface area contributed by atoms with Gasteiger partial charge in [0.15, 0.2) is 0 Å². The van der Waals surface area contributed by atoms with Crippen molar-refractivity contribution in [2.75, 3.05) is 0 Å². The summed E-state index contributed by atoms with van der Waals surface area (Å²) in [7, 11) is 0. The van der Waals surface area contributed by atoms with Gasteiger partial charge in [-0.15, -0.1) is 0 Å². The molecule has 0 saturated heterocycles. The zero-order chi connectivity index (χ0) is 16.1. The van der Waals surface area contributed by atoms with Crippen molar-refractivity contribution >= 4 is 5.91 Å². The van der Waals surface area contributed by atoms with Crippen LogP contribution >= 0.6 is 0 Å². The highest BCUT2D eigenvalue weighted by molar-refractivity contribution is 5.82. The van der Waals surface area contributed by atoms with Crippen molar-refractivity contribution in [1.82, 2.24) is 5.32 Å². The van der Waals surface area contributed by atoms with Crippen LogP contribution in [0.4, 0.5) is 13.2 Å². The largest absolute Gasteiger partial charge is 0.471 e. The van der Waals surface area contributed by atoms with Crippen LogP contribution in [0.15, 0.2) is 30.3 Å². The van der Waals surface area contributed by atoms with E-state index in [1.165, 1.54) is 0 Å². The standard InChI is InChI=1S/C15H20F3NO2/c1-3-14(21,4-2)10-12(11-8-6-5-7-9-11)19-13(20)15(16,17)18/h5-9,12,21H,3-4,10H2,1-2H3,(H,19,20). The molecule has 1 atom stereocenters. The Morgan fingerprint density at radius 1 is 1.19 bits per heavy atom. The normalized spacial score (nSPS) is 13.8. The van der Waals surface area contributed by atoms with Crippen LogP contribution in [-0.4, -0.2) is 22.8 Å². The van der Waals surface area contributed by atoms with E-state index in [1.807, 2.05) is 5.32 Å². The fourth-order valence-corrected chi connectivity index (χ4v) is 2.10. The number of hydrogen-bond donors (Lipinski definition) is 2. The van der Waals surface area contributed by atoms with Gasteiger partial charge in [0.25, 0.3) is 0 Å². The molecule has 118 valence electrons. The molecule has 0 bridgehead atoms. The molecule has 6 heteroatoms. The van der Waals surface area contributed by atoms with Crippen LogP contribution in [0.1, 0.15) is 44.7 Å². The SMILES string of the molecule is CCC(O)(CC)CC(NC(=O)C(F)(F)F)c1ccccc1. The summed E-state index contributed by atoms with van der Waals surface area (Å²) >= 11 is 0. The fraction of sp³-hybridized carbons (Fsp3) is 0.533. The van der Waals surface area contributed by atoms with Crippen LogP contribution in [-0.2, 0) is 4.79 Å². The molecule has 0 saturated carbocycles. The summed E-state index contributed by atoms with van der Waals surface area (Å²) in [5.41, 5.74) is -0.574. The van der Waals surface area contributed by atoms with Crippen LogP contribution < -0.4 is 5.32 Å². The molecular formula is C15H20F3NO2. The summed E-state index contributed by atoms with van der Waals surface area (Å²) in [6, 6.07) is 7.47. The highest BCUT2D eigenvalue weighted by Crippen LogP contribution is 2.30. The second-order valence-corrected chi connectivity index (χ2v) is 5.07. The van der Waals surface area contributed by atoms with Crippen LogP contribution in [0.3, 0.4) is 0 Å². The van der Waals surface area contributed by atoms with Crippen molar-refractivity contribution in [1.29, 1.82) is 0 Å². The molecule has 0 heterocycles. The van der Waals surface area contributed by atoms with Gasteiger partial charge in [0.05, 0.1) is 11.6 Å². The predicted molar refractivity (Wildman–Crippen MR) is 73.5 cm³/mol. The number of amides is 1. The Balaban J connectivity index is 2.99. The maximum atomic E-state index is 12.4. The van der Waals surface area contributed by atoms with Crippen LogP contribution in [0.2, 0.25) is 0 Å². The van der Waals surface area contributed by atoms with Gasteiger partial charge in [-0.1, -0.05) is 44.2 Å². The molecule has 3 nitrogen and oxygen atoms in total. The second kappa shape index (κ2) is 6.93. The van der Waals surface area contributed by atoms with E-state index in [0.29, 0.717) is 18.4 Å². The molecule has 0 aliphatic carbocycles. The Labute approximate surface area is 122 Å². The third-order valence-electron chi connectivity index (χ3n) is 3.67. The first-order chi connectivity index (χ1) is 9.72. The van der Waals surface area contributed by atoms with E-state index in [-0.39, 0.29) is 6.42 Å². The average Bonchev–Trinajstić information content (AvgIpc) is 2.46. The molecule has 0 radical (unpaired) electrons. The van der Waals surface area contributed by atoms with Crippen molar-refractivity contribution < 1.29 is 23.1 Å². The van der Waals surface area contributed by atoms with Gasteiger partial charge in [0.1, 0.15) is 0 Å². The van der Waals surface area contributed by atoms with Gasteiger partial charge < -0.3 is 10.4 Å². The monoisotopic (exact) mass is 303 g/mol. The number of carbonyl (C=O) groups excluding carboxylic acids is 1. The van der Waals surface area contributed by atoms with Crippen LogP contribution in [0.5, 0.6) is 0 Å². The number of alkyl halides is 3. The first-order valence-corrected chi connectivity index (χ1v) is 6.87. The molecule has 1 amide bonds. The van der Waals surface area contributed by atoms with E-state index in [4.69, 9.17) is 0 Å². The zero-order valence-corrected chi connectivity index (χ0v) is 12.1. The minimum Gasteiger partial charge on any atom is -0.390 e. The number of carbonyl (C=O) groups is 1. The van der Waals surface area contributed by atoms with Crippen molar-refractivity contribution in [2.24, 2.45) is 0 Å². The molecule has 0 aliphatic heterocycles. The van der Waals surface area contributed by atoms with Crippen molar-refractivity contribution in [2.45, 2.75) is 50.9 Å². The van der Waals surface area contributed by atoms with Crippen LogP contribution in [0.25, 0.3) is 0 Å². The van der Waals surface area contributed by atoms with Gasteiger partial charge in [0.2, 0.25) is 0 Å². The lowest BCUT2D eigenvalue weighted by Gasteiger charge is -2.31. The van der Waals surface area contributed by atoms with Gasteiger partial charge in [-0.05, 0) is 18.4 Å². The van der Waals surface area contributed by atoms with E-state index < -0.39 is 23.7 Å². The minimum atomic E-state index is -4.94. The van der Waals surface area contributed by atoms with Gasteiger partial charge in [-0.2, -0.15) is 13.2 Å². The molecule has 1 aromatic carbocycles. The van der Waals surface area contributed by atoms with E-state index >= 15 is 0 Å². The maximum absolute atomic E-state index is 12.4. The number of aliphatic hydroxyl groups is 1. The summed E-state index contributed by atoms with van der Waals surface area (Å²) in [4.78, 5) is 11.2. The number of halogens is 3. The molecule has 0 aliphatic rings. The number of rotatable bonds is 6. The smallest absolute Gasteiger partial charge is 0.390 e. The van der Waals surface area contributed by atoms with E-state index in [2.05, 4.69) is 0 Å². The van der Waals surface area contributed by atoms with Gasteiger partial charge in [-0.25, -0.2) is 0 Å². The molecule has 0 aromatic heterocycles. The number of benzene rings is 1. The summed E-state index contributed by atoms with van der Waals surface area (Å²) in [5.74, 6) is -1.99. The lowest BCUT2D eigenvalue weighted by Crippen LogP contribution is -2.42. The summed E-state index contributed by atoms with van der Waals surface area (Å²) < 4.78 is 37.3. The minimum absolute atomic E-state index is 0.0336. The molecule has 21 heavy (non-hydrogen) atoms. The first-order valence-electron chi connectivity index (χ1n) is 6.87. The molecule has 1 rings (SSSR count). The molecule has 2 N–H and O–H groups in total. The lowest BCUT2D eigenvalue weighted by atomic mass is 9.87. The Hall–Kier alpha value is -1.56. The highest BCUT2D eigenvalue weighted by Gasteiger charge is 2.41. The third kappa shape index (κ3) is 5.04. The molecular weight excluding hydrogens is 283 g/mol.